The third-order valence-corrected chi connectivity index (χ3v) is 2.77. The zero-order valence-corrected chi connectivity index (χ0v) is 8.50. The molecule has 1 aromatic rings. The molecule has 0 fully saturated rings. The van der Waals surface area contributed by atoms with Crippen LogP contribution in [0.15, 0.2) is 15.2 Å². The lowest BCUT2D eigenvalue weighted by atomic mass is 9.87. The Balaban J connectivity index is 2.41. The van der Waals surface area contributed by atoms with Crippen molar-refractivity contribution in [2.75, 3.05) is 0 Å². The van der Waals surface area contributed by atoms with Crippen molar-refractivity contribution in [3.05, 3.63) is 22.1 Å². The predicted molar refractivity (Wildman–Crippen MR) is 49.7 cm³/mol. The molecule has 3 nitrogen and oxygen atoms in total. The number of hydrogen-bond acceptors (Lipinski definition) is 2. The third kappa shape index (κ3) is 1.50. The van der Waals surface area contributed by atoms with Gasteiger partial charge in [0.2, 0.25) is 0 Å². The number of rotatable bonds is 1. The molecule has 4 heteroatoms. The van der Waals surface area contributed by atoms with Crippen molar-refractivity contribution in [3.63, 3.8) is 0 Å². The van der Waals surface area contributed by atoms with Crippen molar-refractivity contribution in [1.29, 1.82) is 0 Å². The molecule has 70 valence electrons. The average Bonchev–Trinajstić information content (AvgIpc) is 2.43. The van der Waals surface area contributed by atoms with Gasteiger partial charge in [-0.15, -0.1) is 0 Å². The number of fused-ring (bicyclic) bond motifs is 1. The standard InChI is InChI=1S/C9H9BrO3/c10-8-4-6-5(9(11)12)2-1-3-7(6)13-8/h4-5H,1-3H2,(H,11,12). The van der Waals surface area contributed by atoms with Gasteiger partial charge in [0.25, 0.3) is 0 Å². The van der Waals surface area contributed by atoms with Gasteiger partial charge in [-0.25, -0.2) is 0 Å². The van der Waals surface area contributed by atoms with Crippen LogP contribution in [0.2, 0.25) is 0 Å². The summed E-state index contributed by atoms with van der Waals surface area (Å²) < 4.78 is 5.97. The summed E-state index contributed by atoms with van der Waals surface area (Å²) in [4.78, 5) is 10.9. The molecule has 1 N–H and O–H groups in total. The molecule has 0 bridgehead atoms. The molecule has 0 spiro atoms. The highest BCUT2D eigenvalue weighted by Gasteiger charge is 2.29. The second-order valence-electron chi connectivity index (χ2n) is 3.21. The molecular weight excluding hydrogens is 236 g/mol. The van der Waals surface area contributed by atoms with Gasteiger partial charge in [0.05, 0.1) is 5.92 Å². The van der Waals surface area contributed by atoms with Crippen LogP contribution in [-0.2, 0) is 11.2 Å². The molecule has 0 saturated heterocycles. The number of aliphatic carboxylic acids is 1. The van der Waals surface area contributed by atoms with Crippen LogP contribution in [-0.4, -0.2) is 11.1 Å². The summed E-state index contributed by atoms with van der Waals surface area (Å²) in [6.45, 7) is 0. The van der Waals surface area contributed by atoms with Gasteiger partial charge < -0.3 is 9.52 Å². The van der Waals surface area contributed by atoms with Crippen molar-refractivity contribution < 1.29 is 14.3 Å². The maximum absolute atomic E-state index is 10.9. The fraction of sp³-hybridized carbons (Fsp3) is 0.444. The maximum Gasteiger partial charge on any atom is 0.311 e. The lowest BCUT2D eigenvalue weighted by Gasteiger charge is -2.16. The van der Waals surface area contributed by atoms with Crippen LogP contribution >= 0.6 is 15.9 Å². The van der Waals surface area contributed by atoms with E-state index < -0.39 is 5.97 Å². The summed E-state index contributed by atoms with van der Waals surface area (Å²) in [6.07, 6.45) is 2.46. The fourth-order valence-corrected chi connectivity index (χ4v) is 2.22. The van der Waals surface area contributed by atoms with E-state index in [1.54, 1.807) is 6.07 Å². The second-order valence-corrected chi connectivity index (χ2v) is 3.99. The quantitative estimate of drug-likeness (QED) is 0.827. The minimum absolute atomic E-state index is 0.376. The Labute approximate surface area is 83.9 Å². The number of furan rings is 1. The average molecular weight is 245 g/mol. The van der Waals surface area contributed by atoms with Crippen LogP contribution in [0.5, 0.6) is 0 Å². The molecule has 1 unspecified atom stereocenters. The van der Waals surface area contributed by atoms with Crippen LogP contribution in [0.3, 0.4) is 0 Å². The lowest BCUT2D eigenvalue weighted by Crippen LogP contribution is -2.16. The van der Waals surface area contributed by atoms with Crippen molar-refractivity contribution in [3.8, 4) is 0 Å². The molecule has 2 rings (SSSR count). The topological polar surface area (TPSA) is 50.4 Å². The number of hydrogen-bond donors (Lipinski definition) is 1. The Morgan fingerprint density at radius 2 is 2.46 bits per heavy atom. The Morgan fingerprint density at radius 3 is 3.15 bits per heavy atom. The van der Waals surface area contributed by atoms with Crippen molar-refractivity contribution in [2.24, 2.45) is 0 Å². The van der Waals surface area contributed by atoms with Gasteiger partial charge >= 0.3 is 5.97 Å². The van der Waals surface area contributed by atoms with E-state index in [1.165, 1.54) is 0 Å². The zero-order chi connectivity index (χ0) is 9.42. The molecule has 1 heterocycles. The van der Waals surface area contributed by atoms with E-state index in [2.05, 4.69) is 15.9 Å². The zero-order valence-electron chi connectivity index (χ0n) is 6.92. The first-order chi connectivity index (χ1) is 6.18. The van der Waals surface area contributed by atoms with Gasteiger partial charge in [-0.3, -0.25) is 4.79 Å². The lowest BCUT2D eigenvalue weighted by molar-refractivity contribution is -0.139. The highest BCUT2D eigenvalue weighted by atomic mass is 79.9. The minimum Gasteiger partial charge on any atom is -0.481 e. The molecular formula is C9H9BrO3. The van der Waals surface area contributed by atoms with E-state index in [0.717, 1.165) is 24.2 Å². The fourth-order valence-electron chi connectivity index (χ4n) is 1.78. The molecule has 0 radical (unpaired) electrons. The van der Waals surface area contributed by atoms with E-state index in [4.69, 9.17) is 9.52 Å². The maximum atomic E-state index is 10.9. The van der Waals surface area contributed by atoms with Crippen LogP contribution in [0.25, 0.3) is 0 Å². The molecule has 1 aliphatic carbocycles. The van der Waals surface area contributed by atoms with E-state index >= 15 is 0 Å². The van der Waals surface area contributed by atoms with Crippen molar-refractivity contribution in [2.45, 2.75) is 25.2 Å². The van der Waals surface area contributed by atoms with Gasteiger partial charge in [0.1, 0.15) is 5.76 Å². The first-order valence-electron chi connectivity index (χ1n) is 4.19. The van der Waals surface area contributed by atoms with Gasteiger partial charge in [-0.1, -0.05) is 0 Å². The molecule has 0 saturated carbocycles. The van der Waals surface area contributed by atoms with Crippen molar-refractivity contribution in [1.82, 2.24) is 0 Å². The summed E-state index contributed by atoms with van der Waals surface area (Å²) in [7, 11) is 0. The molecule has 13 heavy (non-hydrogen) atoms. The number of carboxylic acids is 1. The second kappa shape index (κ2) is 3.18. The highest BCUT2D eigenvalue weighted by molar-refractivity contribution is 9.10. The van der Waals surface area contributed by atoms with E-state index in [1.807, 2.05) is 0 Å². The summed E-state index contributed by atoms with van der Waals surface area (Å²) in [5, 5.41) is 8.94. The Kier molecular flexibility index (Phi) is 2.15. The first kappa shape index (κ1) is 8.81. The van der Waals surface area contributed by atoms with Crippen LogP contribution < -0.4 is 0 Å². The van der Waals surface area contributed by atoms with E-state index in [9.17, 15) is 4.79 Å². The van der Waals surface area contributed by atoms with Crippen LogP contribution in [0.4, 0.5) is 0 Å². The summed E-state index contributed by atoms with van der Waals surface area (Å²) >= 11 is 3.21. The molecule has 0 aromatic carbocycles. The summed E-state index contributed by atoms with van der Waals surface area (Å²) in [5.41, 5.74) is 0.839. The van der Waals surface area contributed by atoms with Crippen LogP contribution in [0, 0.1) is 0 Å². The Bertz CT molecular complexity index is 343. The predicted octanol–water partition coefficient (Wildman–Crippen LogP) is 2.55. The largest absolute Gasteiger partial charge is 0.481 e. The molecule has 0 aliphatic heterocycles. The van der Waals surface area contributed by atoms with E-state index in [0.29, 0.717) is 11.1 Å². The third-order valence-electron chi connectivity index (χ3n) is 2.38. The number of halogens is 1. The molecule has 0 amide bonds. The van der Waals surface area contributed by atoms with Gasteiger partial charge in [-0.2, -0.15) is 0 Å². The number of carbonyl (C=O) groups is 1. The molecule has 1 aliphatic rings. The van der Waals surface area contributed by atoms with Gasteiger partial charge in [0, 0.05) is 12.0 Å². The van der Waals surface area contributed by atoms with E-state index in [-0.39, 0.29) is 5.92 Å². The Morgan fingerprint density at radius 1 is 1.69 bits per heavy atom. The number of aryl methyl sites for hydroxylation is 1. The SMILES string of the molecule is O=C(O)C1CCCc2oc(Br)cc21. The Hall–Kier alpha value is -0.770. The van der Waals surface area contributed by atoms with Gasteiger partial charge in [0.15, 0.2) is 4.67 Å². The van der Waals surface area contributed by atoms with Crippen molar-refractivity contribution >= 4 is 21.9 Å². The normalized spacial score (nSPS) is 21.2. The molecule has 1 aromatic heterocycles. The van der Waals surface area contributed by atoms with Crippen LogP contribution in [0.1, 0.15) is 30.1 Å². The minimum atomic E-state index is -0.755. The number of carboxylic acid groups (broad SMARTS) is 1. The summed E-state index contributed by atoms with van der Waals surface area (Å²) in [6, 6.07) is 1.77. The van der Waals surface area contributed by atoms with Gasteiger partial charge in [-0.05, 0) is 34.8 Å². The smallest absolute Gasteiger partial charge is 0.311 e. The summed E-state index contributed by atoms with van der Waals surface area (Å²) in [5.74, 6) is -0.307. The highest BCUT2D eigenvalue weighted by Crippen LogP contribution is 2.35. The molecule has 1 atom stereocenters. The monoisotopic (exact) mass is 244 g/mol. The first-order valence-corrected chi connectivity index (χ1v) is 4.98.